The van der Waals surface area contributed by atoms with Crippen LogP contribution >= 0.6 is 0 Å². The number of hydrogen-bond acceptors (Lipinski definition) is 0. The van der Waals surface area contributed by atoms with Crippen molar-refractivity contribution in [3.63, 3.8) is 0 Å². The summed E-state index contributed by atoms with van der Waals surface area (Å²) in [5.74, 6) is 3.00. The molecule has 1 aromatic rings. The Kier molecular flexibility index (Phi) is 6.73. The summed E-state index contributed by atoms with van der Waals surface area (Å²) in [6.45, 7) is 4.18. The predicted octanol–water partition coefficient (Wildman–Crippen LogP) is 7.57. The van der Waals surface area contributed by atoms with Gasteiger partial charge < -0.3 is 0 Å². The molecule has 0 aromatic heterocycles. The van der Waals surface area contributed by atoms with Gasteiger partial charge in [-0.05, 0) is 86.3 Å². The third kappa shape index (κ3) is 4.96. The van der Waals surface area contributed by atoms with Crippen LogP contribution in [0, 0.1) is 30.5 Å². The highest BCUT2D eigenvalue weighted by Crippen LogP contribution is 2.44. The largest absolute Gasteiger partial charge is 0.207 e. The number of rotatable bonds is 6. The molecule has 0 spiro atoms. The fraction of sp³-hybridized carbons (Fsp3) is 0.667. The minimum absolute atomic E-state index is 0.0225. The molecule has 0 N–H and O–H groups in total. The van der Waals surface area contributed by atoms with Crippen LogP contribution in [-0.4, -0.2) is 0 Å². The zero-order valence-corrected chi connectivity index (χ0v) is 16.1. The van der Waals surface area contributed by atoms with E-state index in [1.54, 1.807) is 0 Å². The summed E-state index contributed by atoms with van der Waals surface area (Å²) < 4.78 is 14.2. The number of benzene rings is 1. The van der Waals surface area contributed by atoms with Crippen molar-refractivity contribution in [2.75, 3.05) is 0 Å². The van der Waals surface area contributed by atoms with E-state index in [0.29, 0.717) is 5.92 Å². The van der Waals surface area contributed by atoms with Gasteiger partial charge in [0.25, 0.3) is 0 Å². The molecule has 0 radical (unpaired) electrons. The third-order valence-electron chi connectivity index (χ3n) is 6.75. The van der Waals surface area contributed by atoms with Crippen LogP contribution in [0.25, 0.3) is 0 Å². The van der Waals surface area contributed by atoms with Gasteiger partial charge in [-0.25, -0.2) is 4.39 Å². The Labute approximate surface area is 153 Å². The minimum Gasteiger partial charge on any atom is -0.207 e. The van der Waals surface area contributed by atoms with E-state index in [4.69, 9.17) is 0 Å². The van der Waals surface area contributed by atoms with Gasteiger partial charge in [0.15, 0.2) is 0 Å². The van der Waals surface area contributed by atoms with E-state index in [1.165, 1.54) is 69.8 Å². The fourth-order valence-electron chi connectivity index (χ4n) is 5.16. The highest BCUT2D eigenvalue weighted by molar-refractivity contribution is 5.27. The molecule has 1 fully saturated rings. The second kappa shape index (κ2) is 9.01. The van der Waals surface area contributed by atoms with Crippen LogP contribution < -0.4 is 0 Å². The van der Waals surface area contributed by atoms with Crippen molar-refractivity contribution in [1.29, 1.82) is 0 Å². The topological polar surface area (TPSA) is 0 Å². The molecular weight excluding hydrogens is 307 g/mol. The van der Waals surface area contributed by atoms with Gasteiger partial charge in [-0.3, -0.25) is 0 Å². The Bertz CT molecular complexity index is 565. The van der Waals surface area contributed by atoms with E-state index in [-0.39, 0.29) is 5.82 Å². The normalized spacial score (nSPS) is 28.0. The van der Waals surface area contributed by atoms with Crippen molar-refractivity contribution in [2.24, 2.45) is 17.8 Å². The molecule has 0 heterocycles. The Morgan fingerprint density at radius 1 is 1.04 bits per heavy atom. The van der Waals surface area contributed by atoms with Crippen LogP contribution in [0.2, 0.25) is 0 Å². The maximum absolute atomic E-state index is 14.2. The zero-order valence-electron chi connectivity index (χ0n) is 16.1. The van der Waals surface area contributed by atoms with E-state index < -0.39 is 0 Å². The average molecular weight is 343 g/mol. The molecule has 25 heavy (non-hydrogen) atoms. The van der Waals surface area contributed by atoms with Crippen molar-refractivity contribution < 1.29 is 4.39 Å². The van der Waals surface area contributed by atoms with E-state index in [9.17, 15) is 4.39 Å². The molecule has 0 nitrogen and oxygen atoms in total. The summed E-state index contributed by atoms with van der Waals surface area (Å²) in [5, 5.41) is 0. The van der Waals surface area contributed by atoms with Gasteiger partial charge in [0.1, 0.15) is 5.82 Å². The summed E-state index contributed by atoms with van der Waals surface area (Å²) in [6.07, 6.45) is 17.8. The van der Waals surface area contributed by atoms with E-state index in [1.807, 2.05) is 19.1 Å². The molecule has 138 valence electrons. The maximum atomic E-state index is 14.2. The first-order valence-corrected chi connectivity index (χ1v) is 10.6. The number of hydrogen-bond donors (Lipinski definition) is 0. The van der Waals surface area contributed by atoms with Crippen molar-refractivity contribution in [3.05, 3.63) is 47.3 Å². The Morgan fingerprint density at radius 3 is 2.48 bits per heavy atom. The van der Waals surface area contributed by atoms with Crippen LogP contribution in [0.15, 0.2) is 30.4 Å². The Hall–Kier alpha value is -1.11. The molecule has 0 amide bonds. The van der Waals surface area contributed by atoms with Gasteiger partial charge in [-0.15, -0.1) is 0 Å². The average Bonchev–Trinajstić information content (AvgIpc) is 2.64. The van der Waals surface area contributed by atoms with Crippen LogP contribution in [0.5, 0.6) is 0 Å². The lowest BCUT2D eigenvalue weighted by Crippen LogP contribution is -2.23. The van der Waals surface area contributed by atoms with Crippen LogP contribution in [0.4, 0.5) is 4.39 Å². The van der Waals surface area contributed by atoms with E-state index >= 15 is 0 Å². The first kappa shape index (κ1) is 18.7. The Balaban J connectivity index is 1.74. The molecule has 2 aliphatic carbocycles. The molecule has 2 atom stereocenters. The molecule has 0 aliphatic heterocycles. The molecule has 0 bridgehead atoms. The summed E-state index contributed by atoms with van der Waals surface area (Å²) in [7, 11) is 0. The lowest BCUT2D eigenvalue weighted by Gasteiger charge is -2.36. The van der Waals surface area contributed by atoms with Crippen LogP contribution in [0.1, 0.15) is 88.2 Å². The van der Waals surface area contributed by atoms with Crippen LogP contribution in [0.3, 0.4) is 0 Å². The molecule has 3 rings (SSSR count). The Morgan fingerprint density at radius 2 is 1.84 bits per heavy atom. The molecule has 1 aromatic carbocycles. The van der Waals surface area contributed by atoms with E-state index in [0.717, 1.165) is 23.3 Å². The van der Waals surface area contributed by atoms with Gasteiger partial charge in [0, 0.05) is 0 Å². The highest BCUT2D eigenvalue weighted by Gasteiger charge is 2.30. The summed E-state index contributed by atoms with van der Waals surface area (Å²) in [5.41, 5.74) is 2.03. The van der Waals surface area contributed by atoms with E-state index in [2.05, 4.69) is 25.1 Å². The summed E-state index contributed by atoms with van der Waals surface area (Å²) in [6, 6.07) is 6.04. The van der Waals surface area contributed by atoms with Crippen molar-refractivity contribution in [2.45, 2.75) is 84.0 Å². The maximum Gasteiger partial charge on any atom is 0.126 e. The summed E-state index contributed by atoms with van der Waals surface area (Å²) >= 11 is 0. The van der Waals surface area contributed by atoms with Crippen molar-refractivity contribution in [1.82, 2.24) is 0 Å². The molecule has 1 saturated carbocycles. The SMILES string of the molecule is CCCC1CCC(C(CC2CC=CCC2)c2ccc(C)c(F)c2)CC1. The van der Waals surface area contributed by atoms with Crippen molar-refractivity contribution >= 4 is 0 Å². The lowest BCUT2D eigenvalue weighted by molar-refractivity contribution is 0.211. The third-order valence-corrected chi connectivity index (χ3v) is 6.75. The number of allylic oxidation sites excluding steroid dienone is 2. The first-order chi connectivity index (χ1) is 12.2. The van der Waals surface area contributed by atoms with Crippen LogP contribution in [-0.2, 0) is 0 Å². The smallest absolute Gasteiger partial charge is 0.126 e. The standard InChI is InChI=1S/C24H35F/c1-3-7-19-11-14-21(15-12-19)23(16-20-8-5-4-6-9-20)22-13-10-18(2)24(25)17-22/h4-5,10,13,17,19-21,23H,3,6-9,11-12,14-16H2,1-2H3. The summed E-state index contributed by atoms with van der Waals surface area (Å²) in [4.78, 5) is 0. The first-order valence-electron chi connectivity index (χ1n) is 10.6. The van der Waals surface area contributed by atoms with Crippen molar-refractivity contribution in [3.8, 4) is 0 Å². The lowest BCUT2D eigenvalue weighted by atomic mass is 9.69. The molecule has 1 heteroatoms. The molecule has 2 unspecified atom stereocenters. The molecular formula is C24H35F. The monoisotopic (exact) mass is 342 g/mol. The minimum atomic E-state index is -0.0225. The highest BCUT2D eigenvalue weighted by atomic mass is 19.1. The van der Waals surface area contributed by atoms with Gasteiger partial charge in [0.05, 0.1) is 0 Å². The van der Waals surface area contributed by atoms with Gasteiger partial charge >= 0.3 is 0 Å². The molecule has 0 saturated heterocycles. The zero-order chi connectivity index (χ0) is 17.6. The van der Waals surface area contributed by atoms with Gasteiger partial charge in [-0.2, -0.15) is 0 Å². The molecule has 2 aliphatic rings. The predicted molar refractivity (Wildman–Crippen MR) is 105 cm³/mol. The van der Waals surface area contributed by atoms with Gasteiger partial charge in [0.2, 0.25) is 0 Å². The second-order valence-corrected chi connectivity index (χ2v) is 8.57. The fourth-order valence-corrected chi connectivity index (χ4v) is 5.16. The van der Waals surface area contributed by atoms with Gasteiger partial charge in [-0.1, -0.05) is 56.9 Å². The number of aryl methyl sites for hydroxylation is 1. The quantitative estimate of drug-likeness (QED) is 0.468. The number of halogens is 1. The second-order valence-electron chi connectivity index (χ2n) is 8.57.